The molecule has 4 nitrogen and oxygen atoms in total. The molecule has 2 atom stereocenters. The zero-order chi connectivity index (χ0) is 16.3. The molecule has 1 heterocycles. The summed E-state index contributed by atoms with van der Waals surface area (Å²) >= 11 is 0. The molecular formula is C16H19F2NO3. The molecule has 1 amide bonds. The minimum Gasteiger partial charge on any atom is -0.481 e. The van der Waals surface area contributed by atoms with Crippen LogP contribution in [0.3, 0.4) is 0 Å². The molecule has 0 bridgehead atoms. The van der Waals surface area contributed by atoms with Gasteiger partial charge in [0.15, 0.2) is 11.6 Å². The Hall–Kier alpha value is -1.98. The van der Waals surface area contributed by atoms with E-state index in [1.807, 2.05) is 0 Å². The first kappa shape index (κ1) is 16.4. The standard InChI is InChI=1S/C16H19F2NO3/c1-10-12(16(21)22)7-8-19(10)15(20)4-2-3-11-5-6-13(17)14(18)9-11/h5-6,9-10,12H,2-4,7-8H2,1H3,(H,21,22). The van der Waals surface area contributed by atoms with E-state index >= 15 is 0 Å². The second-order valence-electron chi connectivity index (χ2n) is 5.66. The Bertz CT molecular complexity index is 577. The molecule has 0 saturated carbocycles. The van der Waals surface area contributed by atoms with Crippen LogP contribution in [-0.2, 0) is 16.0 Å². The van der Waals surface area contributed by atoms with E-state index < -0.39 is 23.5 Å². The molecule has 120 valence electrons. The van der Waals surface area contributed by atoms with Gasteiger partial charge in [-0.15, -0.1) is 0 Å². The molecule has 1 fully saturated rings. The normalized spacial score (nSPS) is 21.1. The van der Waals surface area contributed by atoms with Crippen LogP contribution in [0.1, 0.15) is 31.7 Å². The largest absolute Gasteiger partial charge is 0.481 e. The number of benzene rings is 1. The van der Waals surface area contributed by atoms with E-state index in [9.17, 15) is 18.4 Å². The van der Waals surface area contributed by atoms with E-state index in [0.29, 0.717) is 31.4 Å². The van der Waals surface area contributed by atoms with Crippen LogP contribution in [0, 0.1) is 17.6 Å². The monoisotopic (exact) mass is 311 g/mol. The zero-order valence-electron chi connectivity index (χ0n) is 12.4. The number of carbonyl (C=O) groups is 2. The van der Waals surface area contributed by atoms with Crippen molar-refractivity contribution in [1.29, 1.82) is 0 Å². The Morgan fingerprint density at radius 2 is 2.05 bits per heavy atom. The van der Waals surface area contributed by atoms with Crippen molar-refractivity contribution in [2.75, 3.05) is 6.54 Å². The van der Waals surface area contributed by atoms with E-state index in [1.165, 1.54) is 6.07 Å². The number of halogens is 2. The summed E-state index contributed by atoms with van der Waals surface area (Å²) in [5.74, 6) is -3.23. The van der Waals surface area contributed by atoms with Gasteiger partial charge in [-0.25, -0.2) is 8.78 Å². The average Bonchev–Trinajstić information content (AvgIpc) is 2.84. The van der Waals surface area contributed by atoms with Crippen LogP contribution in [-0.4, -0.2) is 34.5 Å². The van der Waals surface area contributed by atoms with Gasteiger partial charge in [0.2, 0.25) is 5.91 Å². The van der Waals surface area contributed by atoms with Crippen molar-refractivity contribution in [3.8, 4) is 0 Å². The highest BCUT2D eigenvalue weighted by molar-refractivity contribution is 5.79. The first-order valence-electron chi connectivity index (χ1n) is 7.36. The van der Waals surface area contributed by atoms with Crippen molar-refractivity contribution in [2.45, 2.75) is 38.6 Å². The van der Waals surface area contributed by atoms with Crippen LogP contribution in [0.4, 0.5) is 8.78 Å². The van der Waals surface area contributed by atoms with E-state index in [1.54, 1.807) is 11.8 Å². The molecule has 22 heavy (non-hydrogen) atoms. The van der Waals surface area contributed by atoms with Crippen LogP contribution in [0.2, 0.25) is 0 Å². The van der Waals surface area contributed by atoms with Gasteiger partial charge in [-0.3, -0.25) is 9.59 Å². The highest BCUT2D eigenvalue weighted by atomic mass is 19.2. The van der Waals surface area contributed by atoms with E-state index in [-0.39, 0.29) is 18.4 Å². The Balaban J connectivity index is 1.83. The van der Waals surface area contributed by atoms with Crippen molar-refractivity contribution in [1.82, 2.24) is 4.90 Å². The number of nitrogens with zero attached hydrogens (tertiary/aromatic N) is 1. The van der Waals surface area contributed by atoms with Crippen molar-refractivity contribution in [3.05, 3.63) is 35.4 Å². The van der Waals surface area contributed by atoms with Crippen LogP contribution in [0.5, 0.6) is 0 Å². The second kappa shape index (κ2) is 6.85. The van der Waals surface area contributed by atoms with E-state index in [0.717, 1.165) is 12.1 Å². The fourth-order valence-corrected chi connectivity index (χ4v) is 2.90. The number of hydrogen-bond acceptors (Lipinski definition) is 2. The third kappa shape index (κ3) is 3.61. The molecule has 1 aliphatic heterocycles. The minimum absolute atomic E-state index is 0.0844. The molecule has 6 heteroatoms. The summed E-state index contributed by atoms with van der Waals surface area (Å²) in [6, 6.07) is 3.42. The number of carboxylic acid groups (broad SMARTS) is 1. The Labute approximate surface area is 127 Å². The van der Waals surface area contributed by atoms with E-state index in [4.69, 9.17) is 5.11 Å². The summed E-state index contributed by atoms with van der Waals surface area (Å²) in [4.78, 5) is 24.8. The van der Waals surface area contributed by atoms with Gasteiger partial charge in [-0.05, 0) is 43.9 Å². The summed E-state index contributed by atoms with van der Waals surface area (Å²) in [7, 11) is 0. The van der Waals surface area contributed by atoms with Crippen LogP contribution < -0.4 is 0 Å². The highest BCUT2D eigenvalue weighted by Gasteiger charge is 2.37. The molecule has 1 aliphatic rings. The Kier molecular flexibility index (Phi) is 5.11. The SMILES string of the molecule is CC1C(C(=O)O)CCN1C(=O)CCCc1ccc(F)c(F)c1. The maximum atomic E-state index is 13.1. The maximum Gasteiger partial charge on any atom is 0.308 e. The van der Waals surface area contributed by atoms with Gasteiger partial charge in [0, 0.05) is 19.0 Å². The molecule has 1 saturated heterocycles. The van der Waals surface area contributed by atoms with Crippen molar-refractivity contribution < 1.29 is 23.5 Å². The van der Waals surface area contributed by atoms with Gasteiger partial charge in [-0.1, -0.05) is 6.07 Å². The fraction of sp³-hybridized carbons (Fsp3) is 0.500. The number of aliphatic carboxylic acids is 1. The number of hydrogen-bond donors (Lipinski definition) is 1. The van der Waals surface area contributed by atoms with E-state index in [2.05, 4.69) is 0 Å². The van der Waals surface area contributed by atoms with Crippen LogP contribution >= 0.6 is 0 Å². The van der Waals surface area contributed by atoms with Gasteiger partial charge in [0.05, 0.1) is 5.92 Å². The number of amides is 1. The lowest BCUT2D eigenvalue weighted by atomic mass is 10.0. The summed E-state index contributed by atoms with van der Waals surface area (Å²) < 4.78 is 25.9. The third-order valence-electron chi connectivity index (χ3n) is 4.23. The lowest BCUT2D eigenvalue weighted by molar-refractivity contribution is -0.143. The molecular weight excluding hydrogens is 292 g/mol. The zero-order valence-corrected chi connectivity index (χ0v) is 12.4. The lowest BCUT2D eigenvalue weighted by Gasteiger charge is -2.23. The smallest absolute Gasteiger partial charge is 0.308 e. The summed E-state index contributed by atoms with van der Waals surface area (Å²) in [6.07, 6.45) is 1.75. The van der Waals surface area contributed by atoms with Gasteiger partial charge < -0.3 is 10.0 Å². The Morgan fingerprint density at radius 1 is 1.32 bits per heavy atom. The van der Waals surface area contributed by atoms with Gasteiger partial charge in [-0.2, -0.15) is 0 Å². The minimum atomic E-state index is -0.888. The molecule has 1 aromatic carbocycles. The average molecular weight is 311 g/mol. The summed E-state index contributed by atoms with van der Waals surface area (Å²) in [6.45, 7) is 2.21. The van der Waals surface area contributed by atoms with Crippen molar-refractivity contribution >= 4 is 11.9 Å². The Morgan fingerprint density at radius 3 is 2.64 bits per heavy atom. The first-order valence-corrected chi connectivity index (χ1v) is 7.36. The van der Waals surface area contributed by atoms with Gasteiger partial charge in [0.1, 0.15) is 0 Å². The van der Waals surface area contributed by atoms with Crippen molar-refractivity contribution in [3.63, 3.8) is 0 Å². The third-order valence-corrected chi connectivity index (χ3v) is 4.23. The van der Waals surface area contributed by atoms with Gasteiger partial charge >= 0.3 is 5.97 Å². The van der Waals surface area contributed by atoms with Crippen molar-refractivity contribution in [2.24, 2.45) is 5.92 Å². The number of rotatable bonds is 5. The number of carbonyl (C=O) groups excluding carboxylic acids is 1. The predicted molar refractivity (Wildman–Crippen MR) is 76.2 cm³/mol. The molecule has 1 N–H and O–H groups in total. The molecule has 0 radical (unpaired) electrons. The molecule has 0 spiro atoms. The molecule has 0 aliphatic carbocycles. The van der Waals surface area contributed by atoms with Gasteiger partial charge in [0.25, 0.3) is 0 Å². The molecule has 2 unspecified atom stereocenters. The van der Waals surface area contributed by atoms with Crippen LogP contribution in [0.15, 0.2) is 18.2 Å². The summed E-state index contributed by atoms with van der Waals surface area (Å²) in [5.41, 5.74) is 0.643. The molecule has 2 rings (SSSR count). The number of aryl methyl sites for hydroxylation is 1. The fourth-order valence-electron chi connectivity index (χ4n) is 2.90. The first-order chi connectivity index (χ1) is 10.4. The highest BCUT2D eigenvalue weighted by Crippen LogP contribution is 2.25. The molecule has 0 aromatic heterocycles. The summed E-state index contributed by atoms with van der Waals surface area (Å²) in [5, 5.41) is 9.05. The predicted octanol–water partition coefficient (Wildman–Crippen LogP) is 2.61. The quantitative estimate of drug-likeness (QED) is 0.909. The topological polar surface area (TPSA) is 57.6 Å². The lowest BCUT2D eigenvalue weighted by Crippen LogP contribution is -2.37. The second-order valence-corrected chi connectivity index (χ2v) is 5.66. The van der Waals surface area contributed by atoms with Crippen LogP contribution in [0.25, 0.3) is 0 Å². The number of likely N-dealkylation sites (tertiary alicyclic amines) is 1. The maximum absolute atomic E-state index is 13.1. The number of carboxylic acids is 1. The molecule has 1 aromatic rings.